The molecule has 0 saturated heterocycles. The lowest BCUT2D eigenvalue weighted by atomic mass is 10.2. The van der Waals surface area contributed by atoms with E-state index in [1.807, 2.05) is 6.07 Å². The van der Waals surface area contributed by atoms with E-state index >= 15 is 0 Å². The van der Waals surface area contributed by atoms with Gasteiger partial charge in [0.1, 0.15) is 0 Å². The molecule has 1 aromatic carbocycles. The van der Waals surface area contributed by atoms with Gasteiger partial charge in [0, 0.05) is 10.6 Å². The minimum atomic E-state index is -4.38. The number of aliphatic hydroxyl groups excluding tert-OH is 1. The first kappa shape index (κ1) is 15.2. The van der Waals surface area contributed by atoms with Crippen LogP contribution in [-0.4, -0.2) is 23.1 Å². The summed E-state index contributed by atoms with van der Waals surface area (Å²) in [7, 11) is 0. The lowest BCUT2D eigenvalue weighted by molar-refractivity contribution is -0.150. The summed E-state index contributed by atoms with van der Waals surface area (Å²) in [5.74, 6) is -0.106. The van der Waals surface area contributed by atoms with Crippen molar-refractivity contribution in [3.63, 3.8) is 0 Å². The van der Waals surface area contributed by atoms with Crippen LogP contribution in [-0.2, 0) is 0 Å². The topological polar surface area (TPSA) is 44.0 Å². The fourth-order valence-corrected chi connectivity index (χ4v) is 2.39. The highest BCUT2D eigenvalue weighted by Crippen LogP contribution is 2.30. The van der Waals surface area contributed by atoms with Gasteiger partial charge in [-0.05, 0) is 18.2 Å². The largest absolute Gasteiger partial charge is 0.392 e. The Balaban J connectivity index is 2.57. The van der Waals surface area contributed by atoms with E-state index in [4.69, 9.17) is 16.9 Å². The standard InChI is InChI=1S/C11H9ClF3NOS/c12-9-3-7(5-16)1-2-10(9)18-6-8(17)4-11(13,14)15/h1-3,8,17H,4,6H2. The molecule has 7 heteroatoms. The highest BCUT2D eigenvalue weighted by molar-refractivity contribution is 7.99. The van der Waals surface area contributed by atoms with Gasteiger partial charge in [0.25, 0.3) is 0 Å². The molecule has 1 atom stereocenters. The minimum absolute atomic E-state index is 0.106. The molecule has 0 amide bonds. The van der Waals surface area contributed by atoms with Gasteiger partial charge in [0.2, 0.25) is 0 Å². The van der Waals surface area contributed by atoms with Crippen molar-refractivity contribution >= 4 is 23.4 Å². The van der Waals surface area contributed by atoms with Crippen molar-refractivity contribution in [2.75, 3.05) is 5.75 Å². The third-order valence-corrected chi connectivity index (χ3v) is 3.60. The van der Waals surface area contributed by atoms with Crippen molar-refractivity contribution in [1.29, 1.82) is 5.26 Å². The molecule has 0 bridgehead atoms. The molecule has 0 aliphatic rings. The Hall–Kier alpha value is -0.900. The molecule has 0 heterocycles. The molecular formula is C11H9ClF3NOS. The van der Waals surface area contributed by atoms with E-state index in [2.05, 4.69) is 0 Å². The van der Waals surface area contributed by atoms with Crippen molar-refractivity contribution in [2.45, 2.75) is 23.6 Å². The number of nitriles is 1. The fourth-order valence-electron chi connectivity index (χ4n) is 1.20. The molecule has 1 N–H and O–H groups in total. The number of benzene rings is 1. The molecule has 1 rings (SSSR count). The number of rotatable bonds is 4. The van der Waals surface area contributed by atoms with Crippen LogP contribution in [0.15, 0.2) is 23.1 Å². The average Bonchev–Trinajstić information content (AvgIpc) is 2.25. The number of hydrogen-bond acceptors (Lipinski definition) is 3. The number of alkyl halides is 3. The van der Waals surface area contributed by atoms with Crippen LogP contribution < -0.4 is 0 Å². The van der Waals surface area contributed by atoms with Crippen molar-refractivity contribution in [1.82, 2.24) is 0 Å². The Morgan fingerprint density at radius 2 is 2.11 bits per heavy atom. The van der Waals surface area contributed by atoms with Crippen LogP contribution in [0.2, 0.25) is 5.02 Å². The highest BCUT2D eigenvalue weighted by atomic mass is 35.5. The molecule has 0 aliphatic carbocycles. The van der Waals surface area contributed by atoms with E-state index < -0.39 is 18.7 Å². The Morgan fingerprint density at radius 3 is 2.61 bits per heavy atom. The first-order valence-electron chi connectivity index (χ1n) is 4.89. The fraction of sp³-hybridized carbons (Fsp3) is 0.364. The summed E-state index contributed by atoms with van der Waals surface area (Å²) in [4.78, 5) is 0.539. The van der Waals surface area contributed by atoms with Gasteiger partial charge in [0.05, 0.1) is 29.2 Å². The summed E-state index contributed by atoms with van der Waals surface area (Å²) in [5.41, 5.74) is 0.375. The lowest BCUT2D eigenvalue weighted by Crippen LogP contribution is -2.21. The van der Waals surface area contributed by atoms with Gasteiger partial charge in [-0.1, -0.05) is 11.6 Å². The lowest BCUT2D eigenvalue weighted by Gasteiger charge is -2.13. The molecule has 0 spiro atoms. The molecule has 18 heavy (non-hydrogen) atoms. The van der Waals surface area contributed by atoms with Crippen LogP contribution in [0, 0.1) is 11.3 Å². The zero-order chi connectivity index (χ0) is 13.8. The Morgan fingerprint density at radius 1 is 1.44 bits per heavy atom. The van der Waals surface area contributed by atoms with Gasteiger partial charge >= 0.3 is 6.18 Å². The first-order chi connectivity index (χ1) is 8.31. The summed E-state index contributed by atoms with van der Waals surface area (Å²) in [6, 6.07) is 6.40. The quantitative estimate of drug-likeness (QED) is 0.863. The van der Waals surface area contributed by atoms with Gasteiger partial charge in [-0.2, -0.15) is 18.4 Å². The maximum absolute atomic E-state index is 12.0. The maximum atomic E-state index is 12.0. The van der Waals surface area contributed by atoms with Crippen LogP contribution in [0.25, 0.3) is 0 Å². The predicted octanol–water partition coefficient (Wildman–Crippen LogP) is 3.62. The van der Waals surface area contributed by atoms with Crippen molar-refractivity contribution in [3.8, 4) is 6.07 Å². The molecule has 98 valence electrons. The number of thioether (sulfide) groups is 1. The number of hydrogen-bond donors (Lipinski definition) is 1. The van der Waals surface area contributed by atoms with E-state index in [0.29, 0.717) is 15.5 Å². The van der Waals surface area contributed by atoms with Crippen molar-refractivity contribution < 1.29 is 18.3 Å². The number of aliphatic hydroxyl groups is 1. The zero-order valence-electron chi connectivity index (χ0n) is 9.04. The van der Waals surface area contributed by atoms with Gasteiger partial charge in [-0.25, -0.2) is 0 Å². The predicted molar refractivity (Wildman–Crippen MR) is 63.6 cm³/mol. The van der Waals surface area contributed by atoms with E-state index in [0.717, 1.165) is 11.8 Å². The molecule has 0 fully saturated rings. The summed E-state index contributed by atoms with van der Waals surface area (Å²) in [6.45, 7) is 0. The molecule has 0 saturated carbocycles. The third kappa shape index (κ3) is 5.17. The van der Waals surface area contributed by atoms with Crippen LogP contribution in [0.4, 0.5) is 13.2 Å². The van der Waals surface area contributed by atoms with Gasteiger partial charge < -0.3 is 5.11 Å². The second kappa shape index (κ2) is 6.32. The smallest absolute Gasteiger partial charge is 0.391 e. The van der Waals surface area contributed by atoms with Crippen molar-refractivity contribution in [3.05, 3.63) is 28.8 Å². The van der Waals surface area contributed by atoms with E-state index in [9.17, 15) is 18.3 Å². The Kier molecular flexibility index (Phi) is 5.32. The molecule has 0 radical (unpaired) electrons. The Bertz CT molecular complexity index is 459. The number of halogens is 4. The van der Waals surface area contributed by atoms with Gasteiger partial charge in [0.15, 0.2) is 0 Å². The van der Waals surface area contributed by atoms with Gasteiger partial charge in [-0.3, -0.25) is 0 Å². The molecule has 1 unspecified atom stereocenters. The maximum Gasteiger partial charge on any atom is 0.391 e. The molecule has 2 nitrogen and oxygen atoms in total. The van der Waals surface area contributed by atoms with E-state index in [1.165, 1.54) is 12.1 Å². The Labute approximate surface area is 111 Å². The second-order valence-electron chi connectivity index (χ2n) is 3.54. The second-order valence-corrected chi connectivity index (χ2v) is 5.01. The molecule has 0 aliphatic heterocycles. The molecule has 1 aromatic rings. The summed E-state index contributed by atoms with van der Waals surface area (Å²) in [6.07, 6.45) is -7.09. The number of nitrogens with zero attached hydrogens (tertiary/aromatic N) is 1. The summed E-state index contributed by atoms with van der Waals surface area (Å²) in [5, 5.41) is 18.1. The minimum Gasteiger partial charge on any atom is -0.392 e. The summed E-state index contributed by atoms with van der Waals surface area (Å²) < 4.78 is 35.9. The summed E-state index contributed by atoms with van der Waals surface area (Å²) >= 11 is 6.87. The van der Waals surface area contributed by atoms with Crippen molar-refractivity contribution in [2.24, 2.45) is 0 Å². The third-order valence-electron chi connectivity index (χ3n) is 1.96. The normalized spacial score (nSPS) is 13.1. The highest BCUT2D eigenvalue weighted by Gasteiger charge is 2.31. The van der Waals surface area contributed by atoms with Crippen LogP contribution in [0.1, 0.15) is 12.0 Å². The van der Waals surface area contributed by atoms with E-state index in [-0.39, 0.29) is 5.75 Å². The van der Waals surface area contributed by atoms with Gasteiger partial charge in [-0.15, -0.1) is 11.8 Å². The zero-order valence-corrected chi connectivity index (χ0v) is 10.6. The monoisotopic (exact) mass is 295 g/mol. The molecule has 0 aromatic heterocycles. The van der Waals surface area contributed by atoms with E-state index in [1.54, 1.807) is 6.07 Å². The van der Waals surface area contributed by atoms with Crippen LogP contribution >= 0.6 is 23.4 Å². The van der Waals surface area contributed by atoms with Crippen LogP contribution in [0.5, 0.6) is 0 Å². The molecular weight excluding hydrogens is 287 g/mol. The van der Waals surface area contributed by atoms with Crippen LogP contribution in [0.3, 0.4) is 0 Å². The average molecular weight is 296 g/mol. The SMILES string of the molecule is N#Cc1ccc(SCC(O)CC(F)(F)F)c(Cl)c1. The first-order valence-corrected chi connectivity index (χ1v) is 6.25.